The second-order valence-electron chi connectivity index (χ2n) is 9.57. The van der Waals surface area contributed by atoms with Crippen LogP contribution in [0, 0.1) is 11.3 Å². The number of nitrogens with zero attached hydrogens (tertiary/aromatic N) is 5. The molecule has 1 aromatic heterocycles. The summed E-state index contributed by atoms with van der Waals surface area (Å²) >= 11 is 0. The lowest BCUT2D eigenvalue weighted by atomic mass is 10.0. The van der Waals surface area contributed by atoms with Crippen molar-refractivity contribution < 1.29 is 35.9 Å². The van der Waals surface area contributed by atoms with Gasteiger partial charge in [0.05, 0.1) is 29.3 Å². The summed E-state index contributed by atoms with van der Waals surface area (Å²) in [6, 6.07) is 7.16. The number of hydrogen-bond donors (Lipinski definition) is 3. The molecular weight excluding hydrogens is 570 g/mol. The van der Waals surface area contributed by atoms with E-state index in [-0.39, 0.29) is 79.0 Å². The van der Waals surface area contributed by atoms with E-state index in [1.807, 2.05) is 6.07 Å². The summed E-state index contributed by atoms with van der Waals surface area (Å²) in [5, 5.41) is 21.0. The Kier molecular flexibility index (Phi) is 8.98. The molecule has 2 aliphatic rings. The Balaban J connectivity index is 1.63. The van der Waals surface area contributed by atoms with Crippen LogP contribution in [0.3, 0.4) is 0 Å². The van der Waals surface area contributed by atoms with Gasteiger partial charge >= 0.3 is 0 Å². The number of nitriles is 1. The zero-order valence-corrected chi connectivity index (χ0v) is 22.5. The van der Waals surface area contributed by atoms with Gasteiger partial charge in [-0.1, -0.05) is 0 Å². The predicted octanol–water partition coefficient (Wildman–Crippen LogP) is 3.32. The van der Waals surface area contributed by atoms with E-state index in [2.05, 4.69) is 20.0 Å². The largest absolute Gasteiger partial charge is 0.395 e. The van der Waals surface area contributed by atoms with Crippen LogP contribution in [-0.4, -0.2) is 73.9 Å². The van der Waals surface area contributed by atoms with Gasteiger partial charge in [0.2, 0.25) is 16.0 Å². The summed E-state index contributed by atoms with van der Waals surface area (Å²) < 4.78 is 80.1. The van der Waals surface area contributed by atoms with E-state index in [0.717, 1.165) is 0 Å². The summed E-state index contributed by atoms with van der Waals surface area (Å²) in [7, 11) is -3.89. The minimum atomic E-state index is -3.89. The van der Waals surface area contributed by atoms with Gasteiger partial charge in [-0.05, 0) is 36.6 Å². The summed E-state index contributed by atoms with van der Waals surface area (Å²) in [5.74, 6) is -4.11. The number of aliphatic hydroxyl groups excluding tert-OH is 1. The zero-order chi connectivity index (χ0) is 29.8. The molecule has 0 unspecified atom stereocenters. The van der Waals surface area contributed by atoms with Crippen molar-refractivity contribution in [2.24, 2.45) is 0 Å². The highest BCUT2D eigenvalue weighted by Crippen LogP contribution is 2.32. The Labute approximate surface area is 233 Å². The molecule has 16 heteroatoms. The molecule has 2 fully saturated rings. The molecule has 2 aliphatic heterocycles. The number of aromatic nitrogens is 2. The zero-order valence-electron chi connectivity index (χ0n) is 21.7. The van der Waals surface area contributed by atoms with Crippen molar-refractivity contribution in [1.82, 2.24) is 9.97 Å². The second-order valence-corrected chi connectivity index (χ2v) is 11.4. The molecule has 0 spiro atoms. The van der Waals surface area contributed by atoms with E-state index in [0.29, 0.717) is 0 Å². The quantitative estimate of drug-likeness (QED) is 0.389. The van der Waals surface area contributed by atoms with Crippen molar-refractivity contribution in [2.75, 3.05) is 58.4 Å². The van der Waals surface area contributed by atoms with E-state index >= 15 is 0 Å². The molecule has 2 saturated heterocycles. The fourth-order valence-corrected chi connectivity index (χ4v) is 5.35. The van der Waals surface area contributed by atoms with Gasteiger partial charge in [-0.25, -0.2) is 22.2 Å². The molecule has 3 N–H and O–H groups in total. The standard InChI is InChI=1S/C25H27F4N7O4S/c26-22(27)16-3-7-35(8-4-16)20-13-17(34-41(39,40)12-11-37)1-2-19(20)23(38)32-21-14-18(15-30)31-24(33-21)36-9-5-25(28,29)6-10-36/h1-2,13-14,34,37H,3-12H2,(H,31,32,33,38). The molecule has 4 rings (SSSR count). The fourth-order valence-electron chi connectivity index (χ4n) is 4.52. The Hall–Kier alpha value is -3.97. The van der Waals surface area contributed by atoms with E-state index in [1.54, 1.807) is 4.90 Å². The first kappa shape index (κ1) is 30.0. The van der Waals surface area contributed by atoms with Crippen LogP contribution >= 0.6 is 0 Å². The SMILES string of the molecule is N#Cc1cc(NC(=O)c2ccc(NS(=O)(=O)CCO)cc2N2CCC(=C(F)F)CC2)nc(N2CCC(F)(F)CC2)n1. The number of anilines is 4. The van der Waals surface area contributed by atoms with Crippen molar-refractivity contribution in [1.29, 1.82) is 5.26 Å². The van der Waals surface area contributed by atoms with Crippen molar-refractivity contribution >= 4 is 39.1 Å². The molecule has 0 aliphatic carbocycles. The Morgan fingerprint density at radius 3 is 2.37 bits per heavy atom. The molecule has 41 heavy (non-hydrogen) atoms. The van der Waals surface area contributed by atoms with Crippen LogP contribution in [-0.2, 0) is 10.0 Å². The molecule has 1 aromatic carbocycles. The molecule has 0 radical (unpaired) electrons. The second kappa shape index (κ2) is 12.3. The molecule has 0 atom stereocenters. The van der Waals surface area contributed by atoms with Gasteiger partial charge in [0.1, 0.15) is 17.6 Å². The third-order valence-electron chi connectivity index (χ3n) is 6.70. The van der Waals surface area contributed by atoms with E-state index in [4.69, 9.17) is 5.11 Å². The molecule has 11 nitrogen and oxygen atoms in total. The third kappa shape index (κ3) is 7.61. The van der Waals surface area contributed by atoms with Gasteiger partial charge < -0.3 is 20.2 Å². The number of hydrogen-bond acceptors (Lipinski definition) is 9. The average molecular weight is 598 g/mol. The maximum atomic E-state index is 13.6. The van der Waals surface area contributed by atoms with Crippen LogP contribution in [0.15, 0.2) is 35.9 Å². The molecule has 1 amide bonds. The Morgan fingerprint density at radius 2 is 1.76 bits per heavy atom. The lowest BCUT2D eigenvalue weighted by Crippen LogP contribution is -2.40. The van der Waals surface area contributed by atoms with Crippen molar-refractivity contribution in [3.05, 3.63) is 47.2 Å². The summed E-state index contributed by atoms with van der Waals surface area (Å²) in [4.78, 5) is 24.9. The molecule has 220 valence electrons. The van der Waals surface area contributed by atoms with Crippen LogP contribution in [0.4, 0.5) is 40.7 Å². The Bertz CT molecular complexity index is 1470. The van der Waals surface area contributed by atoms with Gasteiger partial charge in [0.15, 0.2) is 0 Å². The van der Waals surface area contributed by atoms with Crippen LogP contribution in [0.1, 0.15) is 41.7 Å². The number of carbonyl (C=O) groups excluding carboxylic acids is 1. The van der Waals surface area contributed by atoms with Crippen molar-refractivity contribution in [3.63, 3.8) is 0 Å². The van der Waals surface area contributed by atoms with Crippen LogP contribution in [0.5, 0.6) is 0 Å². The number of carbonyl (C=O) groups is 1. The van der Waals surface area contributed by atoms with Crippen LogP contribution < -0.4 is 19.8 Å². The first-order chi connectivity index (χ1) is 19.4. The third-order valence-corrected chi connectivity index (χ3v) is 7.97. The smallest absolute Gasteiger partial charge is 0.269 e. The van der Waals surface area contributed by atoms with E-state index in [1.165, 1.54) is 29.2 Å². The first-order valence-corrected chi connectivity index (χ1v) is 14.3. The number of aliphatic hydroxyl groups is 1. The highest BCUT2D eigenvalue weighted by molar-refractivity contribution is 7.92. The molecule has 2 aromatic rings. The number of nitrogens with one attached hydrogen (secondary N) is 2. The summed E-state index contributed by atoms with van der Waals surface area (Å²) in [5.41, 5.74) is 0.332. The van der Waals surface area contributed by atoms with E-state index in [9.17, 15) is 36.0 Å². The maximum Gasteiger partial charge on any atom is 0.269 e. The summed E-state index contributed by atoms with van der Waals surface area (Å²) in [6.07, 6.45) is -2.49. The fraction of sp³-hybridized carbons (Fsp3) is 0.440. The van der Waals surface area contributed by atoms with Crippen molar-refractivity contribution in [2.45, 2.75) is 31.6 Å². The maximum absolute atomic E-state index is 13.6. The minimum Gasteiger partial charge on any atom is -0.395 e. The van der Waals surface area contributed by atoms with E-state index < -0.39 is 53.1 Å². The topological polar surface area (TPSA) is 152 Å². The molecule has 3 heterocycles. The van der Waals surface area contributed by atoms with Crippen molar-refractivity contribution in [3.8, 4) is 6.07 Å². The van der Waals surface area contributed by atoms with Gasteiger partial charge in [-0.3, -0.25) is 9.52 Å². The monoisotopic (exact) mass is 597 g/mol. The lowest BCUT2D eigenvalue weighted by molar-refractivity contribution is -0.0222. The Morgan fingerprint density at radius 1 is 1.07 bits per heavy atom. The number of sulfonamides is 1. The van der Waals surface area contributed by atoms with Gasteiger partial charge in [0.25, 0.3) is 17.9 Å². The van der Waals surface area contributed by atoms with Crippen LogP contribution in [0.25, 0.3) is 0 Å². The number of halogens is 4. The van der Waals surface area contributed by atoms with Gasteiger partial charge in [-0.15, -0.1) is 0 Å². The van der Waals surface area contributed by atoms with Gasteiger partial charge in [0, 0.05) is 45.1 Å². The normalized spacial score (nSPS) is 17.1. The number of alkyl halides is 2. The molecule has 0 bridgehead atoms. The first-order valence-electron chi connectivity index (χ1n) is 12.7. The number of benzene rings is 1. The summed E-state index contributed by atoms with van der Waals surface area (Å²) in [6.45, 7) is -0.425. The molecule has 0 saturated carbocycles. The highest BCUT2D eigenvalue weighted by atomic mass is 32.2. The number of piperidine rings is 2. The highest BCUT2D eigenvalue weighted by Gasteiger charge is 2.35. The predicted molar refractivity (Wildman–Crippen MR) is 143 cm³/mol. The lowest BCUT2D eigenvalue weighted by Gasteiger charge is -2.32. The number of amides is 1. The number of rotatable bonds is 8. The average Bonchev–Trinajstić information content (AvgIpc) is 2.92. The van der Waals surface area contributed by atoms with Gasteiger partial charge in [-0.2, -0.15) is 19.0 Å². The van der Waals surface area contributed by atoms with Crippen LogP contribution in [0.2, 0.25) is 0 Å². The molecular formula is C25H27F4N7O4S. The minimum absolute atomic E-state index is 0.0000720.